The van der Waals surface area contributed by atoms with Crippen molar-refractivity contribution in [3.05, 3.63) is 47.5 Å². The van der Waals surface area contributed by atoms with Gasteiger partial charge in [0.1, 0.15) is 24.4 Å². The highest BCUT2D eigenvalue weighted by molar-refractivity contribution is 5.88. The minimum Gasteiger partial charge on any atom is -0.504 e. The molecule has 50 heavy (non-hydrogen) atoms. The predicted octanol–water partition coefficient (Wildman–Crippen LogP) is -1.89. The zero-order chi connectivity index (χ0) is 37.0. The Morgan fingerprint density at radius 1 is 0.560 bits per heavy atom. The van der Waals surface area contributed by atoms with Crippen molar-refractivity contribution in [1.82, 2.24) is 0 Å². The number of aliphatic hydroxyl groups is 6. The van der Waals surface area contributed by atoms with Crippen LogP contribution in [0, 0.1) is 11.8 Å². The van der Waals surface area contributed by atoms with Gasteiger partial charge in [0.15, 0.2) is 34.2 Å². The first-order valence-corrected chi connectivity index (χ1v) is 15.4. The lowest BCUT2D eigenvalue weighted by Gasteiger charge is -2.51. The minimum atomic E-state index is -2.63. The van der Waals surface area contributed by atoms with Crippen LogP contribution in [-0.4, -0.2) is 133 Å². The molecule has 0 aromatic heterocycles. The first-order chi connectivity index (χ1) is 23.3. The second-order valence-corrected chi connectivity index (χ2v) is 13.2. The smallest absolute Gasteiger partial charge is 0.335 e. The summed E-state index contributed by atoms with van der Waals surface area (Å²) >= 11 is 0. The molecule has 3 saturated carbocycles. The van der Waals surface area contributed by atoms with Crippen molar-refractivity contribution >= 4 is 23.9 Å². The molecule has 12 N–H and O–H groups in total. The van der Waals surface area contributed by atoms with Crippen LogP contribution in [0.3, 0.4) is 0 Å². The van der Waals surface area contributed by atoms with Gasteiger partial charge in [0, 0.05) is 37.5 Å². The molecule has 0 unspecified atom stereocenters. The summed E-state index contributed by atoms with van der Waals surface area (Å²) in [5, 5.41) is 122. The Bertz CT molecular complexity index is 1560. The van der Waals surface area contributed by atoms with E-state index in [9.17, 15) is 80.5 Å². The monoisotopic (exact) mass is 708 g/mol. The van der Waals surface area contributed by atoms with Crippen molar-refractivity contribution < 1.29 is 89.9 Å². The van der Waals surface area contributed by atoms with Crippen LogP contribution in [0.4, 0.5) is 0 Å². The Kier molecular flexibility index (Phi) is 9.65. The quantitative estimate of drug-likeness (QED) is 0.105. The van der Waals surface area contributed by atoms with Gasteiger partial charge < -0.3 is 70.8 Å². The Morgan fingerprint density at radius 2 is 0.900 bits per heavy atom. The Morgan fingerprint density at radius 3 is 1.20 bits per heavy atom. The summed E-state index contributed by atoms with van der Waals surface area (Å²) in [6.45, 7) is 0. The lowest BCUT2D eigenvalue weighted by Crippen LogP contribution is -2.60. The van der Waals surface area contributed by atoms with Crippen LogP contribution in [0.25, 0.3) is 0 Å². The van der Waals surface area contributed by atoms with E-state index in [1.165, 1.54) is 12.1 Å². The number of aliphatic hydroxyl groups excluding tert-OH is 4. The van der Waals surface area contributed by atoms with E-state index in [0.29, 0.717) is 0 Å². The molecule has 0 heterocycles. The third kappa shape index (κ3) is 6.48. The fourth-order valence-corrected chi connectivity index (χ4v) is 7.19. The molecule has 0 saturated heterocycles. The van der Waals surface area contributed by atoms with Gasteiger partial charge in [-0.25, -0.2) is 9.59 Å². The number of carboxylic acids is 2. The number of esters is 2. The minimum absolute atomic E-state index is 0.0866. The maximum absolute atomic E-state index is 14.0. The third-order valence-electron chi connectivity index (χ3n) is 9.91. The van der Waals surface area contributed by atoms with Gasteiger partial charge in [-0.3, -0.25) is 9.59 Å². The highest BCUT2D eigenvalue weighted by Crippen LogP contribution is 2.60. The molecule has 0 spiro atoms. The third-order valence-corrected chi connectivity index (χ3v) is 9.91. The number of hydrogen-bond acceptors (Lipinski definition) is 16. The number of aliphatic carboxylic acids is 2. The molecule has 272 valence electrons. The van der Waals surface area contributed by atoms with Gasteiger partial charge in [-0.2, -0.15) is 0 Å². The topological polar surface area (TPSA) is 330 Å². The van der Waals surface area contributed by atoms with E-state index in [1.807, 2.05) is 0 Å². The van der Waals surface area contributed by atoms with E-state index >= 15 is 0 Å². The summed E-state index contributed by atoms with van der Waals surface area (Å²) in [5.74, 6) is -14.5. The second-order valence-electron chi connectivity index (χ2n) is 13.2. The Hall–Kier alpha value is -4.72. The molecule has 0 radical (unpaired) electrons. The molecule has 18 nitrogen and oxygen atoms in total. The zero-order valence-electron chi connectivity index (χ0n) is 25.9. The van der Waals surface area contributed by atoms with Crippen molar-refractivity contribution in [3.63, 3.8) is 0 Å². The second kappa shape index (κ2) is 13.2. The average Bonchev–Trinajstić information content (AvgIpc) is 3.01. The SMILES string of the molecule is O=C(O[C@H]1C[C@@](O)(C(=O)O)C[C@H](O)[C@@H]1O)[C@@H]1[C@H](C(=O)O[C@H]2C[C@@](O)(C(=O)O)C[C@H](O)[C@@H]2O)[C@@H](c2ccc(O)c(O)c2)[C@H]1c1ccc(O)c(O)c1. The number of phenols is 4. The Labute approximate surface area is 281 Å². The van der Waals surface area contributed by atoms with Gasteiger partial charge in [-0.05, 0) is 35.4 Å². The number of carbonyl (C=O) groups excluding carboxylic acids is 2. The summed E-state index contributed by atoms with van der Waals surface area (Å²) in [6, 6.07) is 6.75. The normalized spacial score (nSPS) is 36.8. The molecular formula is C32H36O18. The van der Waals surface area contributed by atoms with E-state index in [-0.39, 0.29) is 11.1 Å². The van der Waals surface area contributed by atoms with Crippen molar-refractivity contribution in [3.8, 4) is 23.0 Å². The molecule has 5 rings (SSSR count). The van der Waals surface area contributed by atoms with E-state index in [4.69, 9.17) is 9.47 Å². The van der Waals surface area contributed by atoms with Gasteiger partial charge in [0.2, 0.25) is 0 Å². The number of hydrogen-bond donors (Lipinski definition) is 12. The van der Waals surface area contributed by atoms with Crippen LogP contribution in [0.5, 0.6) is 23.0 Å². The number of carboxylic acid groups (broad SMARTS) is 2. The van der Waals surface area contributed by atoms with E-state index in [1.54, 1.807) is 0 Å². The van der Waals surface area contributed by atoms with Crippen LogP contribution < -0.4 is 0 Å². The van der Waals surface area contributed by atoms with E-state index in [2.05, 4.69) is 0 Å². The lowest BCUT2D eigenvalue weighted by molar-refractivity contribution is -0.211. The van der Waals surface area contributed by atoms with Crippen LogP contribution in [0.15, 0.2) is 36.4 Å². The first kappa shape index (κ1) is 36.6. The molecule has 12 atom stereocenters. The fraction of sp³-hybridized carbons (Fsp3) is 0.500. The molecule has 18 heteroatoms. The van der Waals surface area contributed by atoms with Crippen molar-refractivity contribution in [1.29, 1.82) is 0 Å². The van der Waals surface area contributed by atoms with Gasteiger partial charge in [0.25, 0.3) is 0 Å². The number of aromatic hydroxyl groups is 4. The predicted molar refractivity (Wildman–Crippen MR) is 159 cm³/mol. The highest BCUT2D eigenvalue weighted by atomic mass is 16.6. The van der Waals surface area contributed by atoms with Gasteiger partial charge in [-0.15, -0.1) is 0 Å². The van der Waals surface area contributed by atoms with Crippen molar-refractivity contribution in [2.45, 2.75) is 85.3 Å². The van der Waals surface area contributed by atoms with Crippen LogP contribution >= 0.6 is 0 Å². The Balaban J connectivity index is 1.57. The maximum Gasteiger partial charge on any atom is 0.335 e. The number of benzene rings is 2. The number of ether oxygens (including phenoxy) is 2. The average molecular weight is 709 g/mol. The standard InChI is InChI=1S/C32H36O18/c33-13-3-1-11(5-15(13)35)21-22(12-2-4-14(34)16(36)6-12)24(28(42)50-20-10-32(48,30(45)46)8-18(38)26(20)40)23(21)27(41)49-19-9-31(47,29(43)44)7-17(37)25(19)39/h1-6,17-26,33-40,47-48H,7-10H2,(H,43,44)(H,45,46)/t17-,18-,19-,20-,21-,22+,23+,24-,25-,26-,31+,32+/m0/s1. The largest absolute Gasteiger partial charge is 0.504 e. The first-order valence-electron chi connectivity index (χ1n) is 15.4. The van der Waals surface area contributed by atoms with Gasteiger partial charge >= 0.3 is 23.9 Å². The zero-order valence-corrected chi connectivity index (χ0v) is 25.9. The lowest BCUT2D eigenvalue weighted by atomic mass is 9.52. The van der Waals surface area contributed by atoms with Gasteiger partial charge in [0.05, 0.1) is 24.0 Å². The summed E-state index contributed by atoms with van der Waals surface area (Å²) in [4.78, 5) is 51.5. The van der Waals surface area contributed by atoms with Gasteiger partial charge in [-0.1, -0.05) is 12.1 Å². The highest BCUT2D eigenvalue weighted by Gasteiger charge is 2.62. The van der Waals surface area contributed by atoms with Crippen LogP contribution in [0.1, 0.15) is 48.6 Å². The summed E-state index contributed by atoms with van der Waals surface area (Å²) in [5.41, 5.74) is -5.09. The fourth-order valence-electron chi connectivity index (χ4n) is 7.19. The van der Waals surface area contributed by atoms with Crippen molar-refractivity contribution in [2.24, 2.45) is 11.8 Å². The number of carbonyl (C=O) groups is 4. The summed E-state index contributed by atoms with van der Waals surface area (Å²) < 4.78 is 10.9. The molecule has 3 aliphatic carbocycles. The summed E-state index contributed by atoms with van der Waals surface area (Å²) in [7, 11) is 0. The van der Waals surface area contributed by atoms with Crippen LogP contribution in [0.2, 0.25) is 0 Å². The van der Waals surface area contributed by atoms with E-state index in [0.717, 1.165) is 24.3 Å². The molecule has 2 aromatic rings. The van der Waals surface area contributed by atoms with E-state index < -0.39 is 144 Å². The molecule has 2 aromatic carbocycles. The molecule has 3 aliphatic rings. The van der Waals surface area contributed by atoms with Crippen LogP contribution in [-0.2, 0) is 28.7 Å². The molecule has 0 amide bonds. The number of rotatable bonds is 8. The van der Waals surface area contributed by atoms with Crippen molar-refractivity contribution in [2.75, 3.05) is 0 Å². The molecule has 0 aliphatic heterocycles. The number of phenolic OH excluding ortho intramolecular Hbond substituents is 4. The molecule has 3 fully saturated rings. The summed E-state index contributed by atoms with van der Waals surface area (Å²) in [6.07, 6.45) is -14.6. The molecular weight excluding hydrogens is 672 g/mol. The maximum atomic E-state index is 14.0. The molecule has 0 bridgehead atoms.